The quantitative estimate of drug-likeness (QED) is 0.822. The minimum atomic E-state index is -0.220. The Morgan fingerprint density at radius 2 is 2.09 bits per heavy atom. The van der Waals surface area contributed by atoms with Gasteiger partial charge in [-0.25, -0.2) is 9.97 Å². The maximum Gasteiger partial charge on any atom is 0.278 e. The van der Waals surface area contributed by atoms with Gasteiger partial charge in [0.2, 0.25) is 11.8 Å². The second-order valence-electron chi connectivity index (χ2n) is 5.00. The van der Waals surface area contributed by atoms with Crippen molar-refractivity contribution in [3.63, 3.8) is 0 Å². The van der Waals surface area contributed by atoms with Crippen LogP contribution in [-0.4, -0.2) is 59.5 Å². The van der Waals surface area contributed by atoms with Crippen LogP contribution >= 0.6 is 0 Å². The van der Waals surface area contributed by atoms with Crippen LogP contribution in [0.15, 0.2) is 12.4 Å². The zero-order valence-electron chi connectivity index (χ0n) is 12.7. The zero-order chi connectivity index (χ0) is 15.9. The van der Waals surface area contributed by atoms with Crippen LogP contribution in [0.5, 0.6) is 11.8 Å². The van der Waals surface area contributed by atoms with E-state index in [0.717, 1.165) is 12.8 Å². The molecule has 1 aromatic heterocycles. The van der Waals surface area contributed by atoms with Crippen molar-refractivity contribution in [3.05, 3.63) is 12.4 Å². The van der Waals surface area contributed by atoms with Crippen molar-refractivity contribution in [1.29, 1.82) is 0 Å². The first-order valence-corrected chi connectivity index (χ1v) is 7.14. The Labute approximate surface area is 128 Å². The van der Waals surface area contributed by atoms with E-state index in [0.29, 0.717) is 24.8 Å². The monoisotopic (exact) mass is 308 g/mol. The topological polar surface area (TPSA) is 93.7 Å². The number of likely N-dealkylation sites (tertiary alicyclic amines) is 1. The molecule has 1 saturated heterocycles. The predicted octanol–water partition coefficient (Wildman–Crippen LogP) is -0.00890. The van der Waals surface area contributed by atoms with Crippen LogP contribution in [-0.2, 0) is 9.59 Å². The lowest BCUT2D eigenvalue weighted by Gasteiger charge is -2.32. The molecule has 2 heterocycles. The van der Waals surface area contributed by atoms with Crippen LogP contribution < -0.4 is 14.8 Å². The highest BCUT2D eigenvalue weighted by atomic mass is 16.5. The van der Waals surface area contributed by atoms with Gasteiger partial charge in [-0.05, 0) is 12.8 Å². The summed E-state index contributed by atoms with van der Waals surface area (Å²) < 4.78 is 10.9. The van der Waals surface area contributed by atoms with Gasteiger partial charge in [0.1, 0.15) is 6.10 Å². The Balaban J connectivity index is 1.93. The molecule has 8 heteroatoms. The molecule has 0 spiro atoms. The summed E-state index contributed by atoms with van der Waals surface area (Å²) in [6.07, 6.45) is 4.54. The van der Waals surface area contributed by atoms with E-state index in [4.69, 9.17) is 9.47 Å². The molecular formula is C14H20N4O4. The number of methoxy groups -OCH3 is 1. The number of piperidine rings is 1. The Bertz CT molecular complexity index is 537. The SMILES string of the molecule is COc1nccnc1OC1CCCN(C(=O)CNC(C)=O)C1. The smallest absolute Gasteiger partial charge is 0.278 e. The molecule has 120 valence electrons. The molecule has 1 aliphatic rings. The molecule has 2 rings (SSSR count). The van der Waals surface area contributed by atoms with Crippen molar-refractivity contribution >= 4 is 11.8 Å². The summed E-state index contributed by atoms with van der Waals surface area (Å²) in [6.45, 7) is 2.51. The molecule has 0 aromatic carbocycles. The Morgan fingerprint density at radius 3 is 2.77 bits per heavy atom. The number of carbonyl (C=O) groups is 2. The van der Waals surface area contributed by atoms with Gasteiger partial charge in [0, 0.05) is 25.9 Å². The number of aromatic nitrogens is 2. The Kier molecular flexibility index (Phi) is 5.51. The van der Waals surface area contributed by atoms with Gasteiger partial charge < -0.3 is 19.7 Å². The van der Waals surface area contributed by atoms with Crippen LogP contribution in [0.4, 0.5) is 0 Å². The number of nitrogens with one attached hydrogen (secondary N) is 1. The largest absolute Gasteiger partial charge is 0.477 e. The number of rotatable bonds is 5. The van der Waals surface area contributed by atoms with E-state index in [2.05, 4.69) is 15.3 Å². The number of carbonyl (C=O) groups excluding carboxylic acids is 2. The highest BCUT2D eigenvalue weighted by Crippen LogP contribution is 2.23. The van der Waals surface area contributed by atoms with Crippen LogP contribution in [0.3, 0.4) is 0 Å². The van der Waals surface area contributed by atoms with E-state index in [-0.39, 0.29) is 24.5 Å². The van der Waals surface area contributed by atoms with Crippen LogP contribution in [0.1, 0.15) is 19.8 Å². The van der Waals surface area contributed by atoms with Crippen molar-refractivity contribution < 1.29 is 19.1 Å². The van der Waals surface area contributed by atoms with Gasteiger partial charge in [-0.1, -0.05) is 0 Å². The van der Waals surface area contributed by atoms with E-state index < -0.39 is 0 Å². The number of hydrogen-bond acceptors (Lipinski definition) is 6. The third-order valence-electron chi connectivity index (χ3n) is 3.32. The summed E-state index contributed by atoms with van der Waals surface area (Å²) in [6, 6.07) is 0. The maximum absolute atomic E-state index is 12.0. The molecule has 22 heavy (non-hydrogen) atoms. The van der Waals surface area contributed by atoms with Crippen molar-refractivity contribution in [2.45, 2.75) is 25.9 Å². The first kappa shape index (κ1) is 16.0. The molecule has 1 fully saturated rings. The lowest BCUT2D eigenvalue weighted by Crippen LogP contribution is -2.47. The molecular weight excluding hydrogens is 288 g/mol. The van der Waals surface area contributed by atoms with Crippen LogP contribution in [0.25, 0.3) is 0 Å². The molecule has 1 unspecified atom stereocenters. The van der Waals surface area contributed by atoms with Crippen molar-refractivity contribution in [2.75, 3.05) is 26.7 Å². The van der Waals surface area contributed by atoms with Crippen LogP contribution in [0, 0.1) is 0 Å². The molecule has 8 nitrogen and oxygen atoms in total. The Hall–Kier alpha value is -2.38. The molecule has 1 aromatic rings. The highest BCUT2D eigenvalue weighted by molar-refractivity contribution is 5.83. The fraction of sp³-hybridized carbons (Fsp3) is 0.571. The summed E-state index contributed by atoms with van der Waals surface area (Å²) in [7, 11) is 1.50. The van der Waals surface area contributed by atoms with Gasteiger partial charge in [0.15, 0.2) is 0 Å². The van der Waals surface area contributed by atoms with Gasteiger partial charge in [0.05, 0.1) is 20.2 Å². The standard InChI is InChI=1S/C14H20N4O4/c1-10(19)17-8-12(20)18-7-3-4-11(9-18)22-14-13(21-2)15-5-6-16-14/h5-6,11H,3-4,7-9H2,1-2H3,(H,17,19). The summed E-state index contributed by atoms with van der Waals surface area (Å²) in [5, 5.41) is 2.51. The van der Waals surface area contributed by atoms with E-state index in [1.165, 1.54) is 26.4 Å². The normalized spacial score (nSPS) is 17.7. The van der Waals surface area contributed by atoms with Crippen molar-refractivity contribution in [2.24, 2.45) is 0 Å². The zero-order valence-corrected chi connectivity index (χ0v) is 12.7. The summed E-state index contributed by atoms with van der Waals surface area (Å²) in [5.41, 5.74) is 0. The first-order chi connectivity index (χ1) is 10.6. The van der Waals surface area contributed by atoms with Crippen molar-refractivity contribution in [3.8, 4) is 11.8 Å². The number of ether oxygens (including phenoxy) is 2. The average molecular weight is 308 g/mol. The average Bonchev–Trinajstić information content (AvgIpc) is 2.53. The van der Waals surface area contributed by atoms with E-state index in [1.54, 1.807) is 4.90 Å². The molecule has 1 N–H and O–H groups in total. The second-order valence-corrected chi connectivity index (χ2v) is 5.00. The van der Waals surface area contributed by atoms with Crippen LogP contribution in [0.2, 0.25) is 0 Å². The number of nitrogens with zero attached hydrogens (tertiary/aromatic N) is 3. The lowest BCUT2D eigenvalue weighted by atomic mass is 10.1. The predicted molar refractivity (Wildman–Crippen MR) is 77.5 cm³/mol. The lowest BCUT2D eigenvalue weighted by molar-refractivity contribution is -0.134. The minimum Gasteiger partial charge on any atom is -0.477 e. The van der Waals surface area contributed by atoms with Gasteiger partial charge in [0.25, 0.3) is 11.8 Å². The molecule has 1 atom stereocenters. The number of hydrogen-bond donors (Lipinski definition) is 1. The van der Waals surface area contributed by atoms with E-state index >= 15 is 0 Å². The molecule has 0 radical (unpaired) electrons. The first-order valence-electron chi connectivity index (χ1n) is 7.14. The summed E-state index contributed by atoms with van der Waals surface area (Å²) >= 11 is 0. The number of amides is 2. The minimum absolute atomic E-state index is 0.0104. The van der Waals surface area contributed by atoms with Crippen molar-refractivity contribution in [1.82, 2.24) is 20.2 Å². The summed E-state index contributed by atoms with van der Waals surface area (Å²) in [5.74, 6) is 0.312. The third kappa shape index (κ3) is 4.31. The van der Waals surface area contributed by atoms with Gasteiger partial charge in [-0.15, -0.1) is 0 Å². The van der Waals surface area contributed by atoms with Gasteiger partial charge in [-0.2, -0.15) is 0 Å². The van der Waals surface area contributed by atoms with E-state index in [1.807, 2.05) is 0 Å². The van der Waals surface area contributed by atoms with Gasteiger partial charge in [-0.3, -0.25) is 9.59 Å². The fourth-order valence-corrected chi connectivity index (χ4v) is 2.26. The molecule has 0 aliphatic carbocycles. The molecule has 0 saturated carbocycles. The highest BCUT2D eigenvalue weighted by Gasteiger charge is 2.26. The molecule has 2 amide bonds. The van der Waals surface area contributed by atoms with Gasteiger partial charge >= 0.3 is 0 Å². The molecule has 1 aliphatic heterocycles. The Morgan fingerprint density at radius 1 is 1.36 bits per heavy atom. The second kappa shape index (κ2) is 7.58. The summed E-state index contributed by atoms with van der Waals surface area (Å²) in [4.78, 5) is 32.7. The molecule has 0 bridgehead atoms. The fourth-order valence-electron chi connectivity index (χ4n) is 2.26. The maximum atomic E-state index is 12.0. The third-order valence-corrected chi connectivity index (χ3v) is 3.32. The van der Waals surface area contributed by atoms with E-state index in [9.17, 15) is 9.59 Å².